The van der Waals surface area contributed by atoms with Crippen molar-refractivity contribution in [1.82, 2.24) is 4.90 Å². The Labute approximate surface area is 156 Å². The molecule has 0 aliphatic heterocycles. The van der Waals surface area contributed by atoms with Crippen LogP contribution in [-0.4, -0.2) is 38.9 Å². The van der Waals surface area contributed by atoms with Crippen LogP contribution in [0.15, 0.2) is 39.9 Å². The number of nitrogens with zero attached hydrogens (tertiary/aromatic N) is 1. The lowest BCUT2D eigenvalue weighted by atomic mass is 10.3. The fourth-order valence-electron chi connectivity index (χ4n) is 2.11. The van der Waals surface area contributed by atoms with E-state index in [9.17, 15) is 13.2 Å². The maximum absolute atomic E-state index is 12.2. The van der Waals surface area contributed by atoms with E-state index in [1.807, 2.05) is 13.8 Å². The summed E-state index contributed by atoms with van der Waals surface area (Å²) in [5.41, 5.74) is 0.320. The van der Waals surface area contributed by atoms with E-state index in [-0.39, 0.29) is 21.7 Å². The molecule has 0 atom stereocenters. The monoisotopic (exact) mass is 402 g/mol. The first-order valence-electron chi connectivity index (χ1n) is 7.63. The van der Waals surface area contributed by atoms with Crippen molar-refractivity contribution in [1.29, 1.82) is 0 Å². The lowest BCUT2D eigenvalue weighted by Crippen LogP contribution is -2.34. The van der Waals surface area contributed by atoms with Gasteiger partial charge in [0.2, 0.25) is 0 Å². The minimum atomic E-state index is -3.64. The molecule has 1 N–H and O–H groups in total. The van der Waals surface area contributed by atoms with Crippen molar-refractivity contribution in [3.8, 4) is 5.75 Å². The van der Waals surface area contributed by atoms with E-state index in [1.54, 1.807) is 16.3 Å². The van der Waals surface area contributed by atoms with Crippen LogP contribution in [-0.2, 0) is 14.8 Å². The van der Waals surface area contributed by atoms with Gasteiger partial charge in [-0.15, -0.1) is 11.3 Å². The molecule has 1 amide bonds. The topological polar surface area (TPSA) is 75.7 Å². The zero-order chi connectivity index (χ0) is 18.4. The van der Waals surface area contributed by atoms with Crippen LogP contribution in [0, 0.1) is 0 Å². The Morgan fingerprint density at radius 1 is 1.28 bits per heavy atom. The van der Waals surface area contributed by atoms with E-state index in [1.165, 1.54) is 24.3 Å². The number of benzene rings is 1. The highest BCUT2D eigenvalue weighted by Crippen LogP contribution is 2.29. The molecule has 1 aromatic carbocycles. The molecular weight excluding hydrogens is 384 g/mol. The summed E-state index contributed by atoms with van der Waals surface area (Å²) in [6.07, 6.45) is 0. The average molecular weight is 403 g/mol. The van der Waals surface area contributed by atoms with Crippen molar-refractivity contribution >= 4 is 44.6 Å². The van der Waals surface area contributed by atoms with Gasteiger partial charge in [-0.1, -0.05) is 17.7 Å². The molecule has 9 heteroatoms. The van der Waals surface area contributed by atoms with Gasteiger partial charge in [-0.25, -0.2) is 8.42 Å². The molecule has 0 spiro atoms. The van der Waals surface area contributed by atoms with Gasteiger partial charge in [0, 0.05) is 13.1 Å². The van der Waals surface area contributed by atoms with Crippen LogP contribution in [0.25, 0.3) is 0 Å². The maximum Gasteiger partial charge on any atom is 0.271 e. The quantitative estimate of drug-likeness (QED) is 0.733. The maximum atomic E-state index is 12.2. The zero-order valence-electron chi connectivity index (χ0n) is 13.9. The minimum absolute atomic E-state index is 0.123. The Kier molecular flexibility index (Phi) is 6.69. The standard InChI is InChI=1S/C16H19ClN2O4S2/c1-3-19(4-2)15(20)11-23-14-8-7-12(10-13(14)17)18-25(21,22)16-6-5-9-24-16/h5-10,18H,3-4,11H2,1-2H3. The number of carbonyl (C=O) groups excluding carboxylic acids is 1. The normalized spacial score (nSPS) is 11.2. The van der Waals surface area contributed by atoms with Crippen LogP contribution in [0.5, 0.6) is 5.75 Å². The third kappa shape index (κ3) is 5.10. The van der Waals surface area contributed by atoms with Gasteiger partial charge >= 0.3 is 0 Å². The molecule has 0 aliphatic carbocycles. The van der Waals surface area contributed by atoms with Crippen LogP contribution in [0.1, 0.15) is 13.8 Å². The number of halogens is 1. The number of ether oxygens (including phenoxy) is 1. The van der Waals surface area contributed by atoms with E-state index >= 15 is 0 Å². The summed E-state index contributed by atoms with van der Waals surface area (Å²) in [5, 5.41) is 1.91. The molecule has 136 valence electrons. The molecule has 2 rings (SSSR count). The third-order valence-corrected chi connectivity index (χ3v) is 6.49. The summed E-state index contributed by atoms with van der Waals surface area (Å²) in [6, 6.07) is 7.70. The molecule has 0 aliphatic rings. The molecule has 2 aromatic rings. The van der Waals surface area contributed by atoms with Crippen LogP contribution in [0.2, 0.25) is 5.02 Å². The molecule has 0 saturated carbocycles. The summed E-state index contributed by atoms with van der Waals surface area (Å²) >= 11 is 7.26. The number of carbonyl (C=O) groups is 1. The molecular formula is C16H19ClN2O4S2. The van der Waals surface area contributed by atoms with Crippen molar-refractivity contribution in [2.75, 3.05) is 24.4 Å². The third-order valence-electron chi connectivity index (χ3n) is 3.41. The summed E-state index contributed by atoms with van der Waals surface area (Å²) in [4.78, 5) is 13.6. The predicted octanol–water partition coefficient (Wildman–Crippen LogP) is 3.45. The minimum Gasteiger partial charge on any atom is -0.482 e. The predicted molar refractivity (Wildman–Crippen MR) is 100 cm³/mol. The fourth-order valence-corrected chi connectivity index (χ4v) is 4.39. The van der Waals surface area contributed by atoms with Crippen LogP contribution >= 0.6 is 22.9 Å². The molecule has 0 saturated heterocycles. The van der Waals surface area contributed by atoms with Crippen molar-refractivity contribution in [3.05, 3.63) is 40.7 Å². The number of nitrogens with one attached hydrogen (secondary N) is 1. The number of thiophene rings is 1. The number of likely N-dealkylation sites (N-methyl/N-ethyl adjacent to an activating group) is 1. The molecule has 25 heavy (non-hydrogen) atoms. The van der Waals surface area contributed by atoms with Gasteiger partial charge in [-0.3, -0.25) is 9.52 Å². The van der Waals surface area contributed by atoms with Gasteiger partial charge < -0.3 is 9.64 Å². The summed E-state index contributed by atoms with van der Waals surface area (Å²) in [5.74, 6) is 0.185. The molecule has 6 nitrogen and oxygen atoms in total. The van der Waals surface area contributed by atoms with Gasteiger partial charge in [0.05, 0.1) is 10.7 Å². The molecule has 0 radical (unpaired) electrons. The number of amides is 1. The fraction of sp³-hybridized carbons (Fsp3) is 0.312. The Bertz CT molecular complexity index is 819. The largest absolute Gasteiger partial charge is 0.482 e. The summed E-state index contributed by atoms with van der Waals surface area (Å²) in [6.45, 7) is 4.87. The van der Waals surface area contributed by atoms with Crippen LogP contribution < -0.4 is 9.46 Å². The van der Waals surface area contributed by atoms with Crippen molar-refractivity contribution in [2.24, 2.45) is 0 Å². The van der Waals surface area contributed by atoms with E-state index in [0.29, 0.717) is 24.5 Å². The molecule has 1 heterocycles. The van der Waals surface area contributed by atoms with Gasteiger partial charge in [0.1, 0.15) is 9.96 Å². The number of hydrogen-bond donors (Lipinski definition) is 1. The Morgan fingerprint density at radius 2 is 2.00 bits per heavy atom. The lowest BCUT2D eigenvalue weighted by Gasteiger charge is -2.19. The second-order valence-electron chi connectivity index (χ2n) is 5.04. The highest BCUT2D eigenvalue weighted by molar-refractivity contribution is 7.94. The van der Waals surface area contributed by atoms with Crippen LogP contribution in [0.3, 0.4) is 0 Å². The second kappa shape index (κ2) is 8.55. The number of anilines is 1. The lowest BCUT2D eigenvalue weighted by molar-refractivity contribution is -0.132. The first-order chi connectivity index (χ1) is 11.9. The highest BCUT2D eigenvalue weighted by Gasteiger charge is 2.16. The van der Waals surface area contributed by atoms with E-state index < -0.39 is 10.0 Å². The SMILES string of the molecule is CCN(CC)C(=O)COc1ccc(NS(=O)(=O)c2cccs2)cc1Cl. The van der Waals surface area contributed by atoms with Gasteiger partial charge in [0.25, 0.3) is 15.9 Å². The molecule has 0 bridgehead atoms. The zero-order valence-corrected chi connectivity index (χ0v) is 16.2. The average Bonchev–Trinajstić information content (AvgIpc) is 3.10. The smallest absolute Gasteiger partial charge is 0.271 e. The van der Waals surface area contributed by atoms with E-state index in [4.69, 9.17) is 16.3 Å². The number of rotatable bonds is 8. The van der Waals surface area contributed by atoms with Crippen molar-refractivity contribution in [2.45, 2.75) is 18.1 Å². The van der Waals surface area contributed by atoms with Crippen molar-refractivity contribution < 1.29 is 17.9 Å². The Hall–Kier alpha value is -1.77. The molecule has 1 aromatic heterocycles. The Balaban J connectivity index is 2.04. The highest BCUT2D eigenvalue weighted by atomic mass is 35.5. The second-order valence-corrected chi connectivity index (χ2v) is 8.30. The van der Waals surface area contributed by atoms with E-state index in [2.05, 4.69) is 4.72 Å². The first-order valence-corrected chi connectivity index (χ1v) is 10.4. The summed E-state index contributed by atoms with van der Waals surface area (Å²) < 4.78 is 32.5. The molecule has 0 fully saturated rings. The summed E-state index contributed by atoms with van der Waals surface area (Å²) in [7, 11) is -3.64. The van der Waals surface area contributed by atoms with Crippen LogP contribution in [0.4, 0.5) is 5.69 Å². The molecule has 0 unspecified atom stereocenters. The van der Waals surface area contributed by atoms with Gasteiger partial charge in [0.15, 0.2) is 6.61 Å². The van der Waals surface area contributed by atoms with Gasteiger partial charge in [-0.2, -0.15) is 0 Å². The first kappa shape index (κ1) is 19.6. The van der Waals surface area contributed by atoms with Gasteiger partial charge in [-0.05, 0) is 43.5 Å². The Morgan fingerprint density at radius 3 is 2.56 bits per heavy atom. The number of hydrogen-bond acceptors (Lipinski definition) is 5. The van der Waals surface area contributed by atoms with E-state index in [0.717, 1.165) is 11.3 Å². The van der Waals surface area contributed by atoms with Crippen molar-refractivity contribution in [3.63, 3.8) is 0 Å². The number of sulfonamides is 1.